The van der Waals surface area contributed by atoms with Crippen LogP contribution in [0.15, 0.2) is 0 Å². The van der Waals surface area contributed by atoms with E-state index in [-0.39, 0.29) is 0 Å². The minimum absolute atomic E-state index is 1.04. The number of carbonyl (C=O) groups is 1. The summed E-state index contributed by atoms with van der Waals surface area (Å²) >= 11 is 32.5. The maximum Gasteiger partial charge on any atom is 0.318 e. The molecule has 0 heterocycles. The lowest BCUT2D eigenvalue weighted by molar-refractivity contribution is -0.147. The predicted octanol–water partition coefficient (Wildman–Crippen LogP) is 3.82. The molecule has 0 aromatic rings. The Morgan fingerprint density at radius 2 is 1.23 bits per heavy atom. The van der Waals surface area contributed by atoms with E-state index in [0.717, 1.165) is 6.92 Å². The van der Waals surface area contributed by atoms with Crippen molar-refractivity contribution in [1.29, 1.82) is 0 Å². The summed E-state index contributed by atoms with van der Waals surface area (Å²) in [6, 6.07) is 0. The van der Waals surface area contributed by atoms with Crippen molar-refractivity contribution in [3.05, 3.63) is 0 Å². The normalized spacial score (nSPS) is 14.4. The van der Waals surface area contributed by atoms with Gasteiger partial charge in [-0.1, -0.05) is 69.6 Å². The molecule has 0 aliphatic heterocycles. The highest BCUT2D eigenvalue weighted by Crippen LogP contribution is 2.57. The van der Waals surface area contributed by atoms with Crippen LogP contribution >= 0.6 is 69.6 Å². The Labute approximate surface area is 105 Å². The van der Waals surface area contributed by atoms with Crippen molar-refractivity contribution in [1.82, 2.24) is 0 Å². The summed E-state index contributed by atoms with van der Waals surface area (Å²) in [5, 5.41) is 8.80. The van der Waals surface area contributed by atoms with Gasteiger partial charge in [-0.3, -0.25) is 4.79 Å². The Morgan fingerprint density at radius 3 is 1.23 bits per heavy atom. The number of carboxylic acid groups (broad SMARTS) is 1. The minimum Gasteiger partial charge on any atom is -0.481 e. The number of hydrogen-bond acceptors (Lipinski definition) is 1. The molecule has 0 aromatic heterocycles. The van der Waals surface area contributed by atoms with E-state index in [2.05, 4.69) is 0 Å². The van der Waals surface area contributed by atoms with Crippen molar-refractivity contribution in [3.63, 3.8) is 0 Å². The highest BCUT2D eigenvalue weighted by Gasteiger charge is 2.63. The average Bonchev–Trinajstić information content (AvgIpc) is 1.80. The van der Waals surface area contributed by atoms with E-state index in [1.54, 1.807) is 0 Å². The van der Waals surface area contributed by atoms with Crippen LogP contribution in [0.1, 0.15) is 6.92 Å². The first-order valence-corrected chi connectivity index (χ1v) is 5.08. The van der Waals surface area contributed by atoms with Gasteiger partial charge in [0.1, 0.15) is 0 Å². The second-order valence-corrected chi connectivity index (χ2v) is 6.99. The number of alkyl halides is 6. The molecule has 0 rings (SSSR count). The van der Waals surface area contributed by atoms with Crippen molar-refractivity contribution >= 4 is 75.6 Å². The first-order valence-electron chi connectivity index (χ1n) is 2.81. The Kier molecular flexibility index (Phi) is 4.36. The Hall–Kier alpha value is 1.21. The lowest BCUT2D eigenvalue weighted by Crippen LogP contribution is -2.50. The highest BCUT2D eigenvalue weighted by molar-refractivity contribution is 6.74. The molecule has 0 aliphatic rings. The van der Waals surface area contributed by atoms with Crippen LogP contribution in [0.5, 0.6) is 0 Å². The molecule has 0 fully saturated rings. The minimum atomic E-state index is -2.22. The zero-order valence-electron chi connectivity index (χ0n) is 6.12. The fraction of sp³-hybridized carbons (Fsp3) is 0.800. The van der Waals surface area contributed by atoms with Gasteiger partial charge in [-0.05, 0) is 6.92 Å². The molecule has 0 spiro atoms. The maximum absolute atomic E-state index is 10.8. The van der Waals surface area contributed by atoms with Gasteiger partial charge in [-0.25, -0.2) is 0 Å². The zero-order chi connectivity index (χ0) is 11.1. The molecule has 1 N–H and O–H groups in total. The van der Waals surface area contributed by atoms with Gasteiger partial charge in [0.05, 0.1) is 0 Å². The number of hydrogen-bond donors (Lipinski definition) is 1. The molecule has 0 aromatic carbocycles. The van der Waals surface area contributed by atoms with Gasteiger partial charge in [0.25, 0.3) is 0 Å². The quantitative estimate of drug-likeness (QED) is 0.748. The third-order valence-corrected chi connectivity index (χ3v) is 3.83. The van der Waals surface area contributed by atoms with Gasteiger partial charge in [0.15, 0.2) is 5.41 Å². The molecular formula is C5H4Cl6O2. The molecule has 0 saturated heterocycles. The Bertz CT molecular complexity index is 200. The molecule has 0 amide bonds. The van der Waals surface area contributed by atoms with Crippen molar-refractivity contribution in [3.8, 4) is 0 Å². The van der Waals surface area contributed by atoms with Crippen LogP contribution < -0.4 is 0 Å². The third-order valence-electron chi connectivity index (χ3n) is 1.56. The van der Waals surface area contributed by atoms with E-state index in [9.17, 15) is 4.79 Å². The van der Waals surface area contributed by atoms with E-state index in [0.29, 0.717) is 0 Å². The van der Waals surface area contributed by atoms with Crippen LogP contribution in [0.3, 0.4) is 0 Å². The Morgan fingerprint density at radius 1 is 1.00 bits per heavy atom. The number of aliphatic carboxylic acids is 1. The molecule has 0 atom stereocenters. The smallest absolute Gasteiger partial charge is 0.318 e. The molecule has 8 heteroatoms. The molecule has 0 saturated carbocycles. The number of halogens is 6. The van der Waals surface area contributed by atoms with Crippen LogP contribution in [-0.2, 0) is 4.79 Å². The molecule has 0 bridgehead atoms. The van der Waals surface area contributed by atoms with E-state index in [4.69, 9.17) is 74.7 Å². The second kappa shape index (κ2) is 3.99. The maximum atomic E-state index is 10.8. The molecule has 0 aliphatic carbocycles. The zero-order valence-corrected chi connectivity index (χ0v) is 10.7. The fourth-order valence-electron chi connectivity index (χ4n) is 0.403. The number of carboxylic acids is 1. The summed E-state index contributed by atoms with van der Waals surface area (Å²) < 4.78 is -4.44. The van der Waals surface area contributed by atoms with Crippen LogP contribution in [0.25, 0.3) is 0 Å². The van der Waals surface area contributed by atoms with E-state index in [1.807, 2.05) is 0 Å². The highest BCUT2D eigenvalue weighted by atomic mass is 35.6. The summed E-state index contributed by atoms with van der Waals surface area (Å²) in [5.41, 5.74) is -2.12. The van der Waals surface area contributed by atoms with Gasteiger partial charge in [-0.2, -0.15) is 0 Å². The summed E-state index contributed by atoms with van der Waals surface area (Å²) in [5.74, 6) is -1.51. The molecule has 0 unspecified atom stereocenters. The van der Waals surface area contributed by atoms with E-state index >= 15 is 0 Å². The van der Waals surface area contributed by atoms with Crippen molar-refractivity contribution in [2.45, 2.75) is 14.5 Å². The van der Waals surface area contributed by atoms with Crippen molar-refractivity contribution < 1.29 is 9.90 Å². The van der Waals surface area contributed by atoms with Crippen LogP contribution in [-0.4, -0.2) is 18.7 Å². The van der Waals surface area contributed by atoms with Gasteiger partial charge in [0, 0.05) is 0 Å². The summed E-state index contributed by atoms with van der Waals surface area (Å²) in [4.78, 5) is 10.8. The van der Waals surface area contributed by atoms with Gasteiger partial charge in [-0.15, -0.1) is 0 Å². The predicted molar refractivity (Wildman–Crippen MR) is 56.3 cm³/mol. The Balaban J connectivity index is 5.35. The van der Waals surface area contributed by atoms with Crippen LogP contribution in [0.4, 0.5) is 0 Å². The molecule has 2 nitrogen and oxygen atoms in total. The topological polar surface area (TPSA) is 37.3 Å². The SMILES string of the molecule is CC(C(=O)O)(C(Cl)(Cl)Cl)C(Cl)(Cl)Cl. The van der Waals surface area contributed by atoms with Crippen molar-refractivity contribution in [2.75, 3.05) is 0 Å². The van der Waals surface area contributed by atoms with Crippen LogP contribution in [0.2, 0.25) is 0 Å². The lowest BCUT2D eigenvalue weighted by Gasteiger charge is -2.37. The first-order chi connectivity index (χ1) is 5.44. The van der Waals surface area contributed by atoms with Crippen LogP contribution in [0, 0.1) is 5.41 Å². The van der Waals surface area contributed by atoms with E-state index < -0.39 is 19.0 Å². The molecular weight excluding hydrogens is 305 g/mol. The monoisotopic (exact) mass is 306 g/mol. The van der Waals surface area contributed by atoms with Gasteiger partial charge < -0.3 is 5.11 Å². The van der Waals surface area contributed by atoms with Crippen molar-refractivity contribution in [2.24, 2.45) is 5.41 Å². The lowest BCUT2D eigenvalue weighted by atomic mass is 9.95. The first kappa shape index (κ1) is 14.2. The van der Waals surface area contributed by atoms with Gasteiger partial charge in [0.2, 0.25) is 7.59 Å². The molecule has 78 valence electrons. The van der Waals surface area contributed by atoms with Gasteiger partial charge >= 0.3 is 5.97 Å². The second-order valence-electron chi connectivity index (χ2n) is 2.43. The summed E-state index contributed by atoms with van der Waals surface area (Å²) in [7, 11) is 0. The molecule has 0 radical (unpaired) electrons. The average molecular weight is 309 g/mol. The summed E-state index contributed by atoms with van der Waals surface area (Å²) in [6.45, 7) is 1.04. The largest absolute Gasteiger partial charge is 0.481 e. The fourth-order valence-corrected chi connectivity index (χ4v) is 2.17. The summed E-state index contributed by atoms with van der Waals surface area (Å²) in [6.07, 6.45) is 0. The number of rotatable bonds is 1. The molecule has 13 heavy (non-hydrogen) atoms. The third kappa shape index (κ3) is 2.61. The van der Waals surface area contributed by atoms with E-state index in [1.165, 1.54) is 0 Å². The standard InChI is InChI=1S/C5H4Cl6O2/c1-3(2(12)13,4(6,7)8)5(9,10)11/h1H3,(H,12,13).